The van der Waals surface area contributed by atoms with Crippen LogP contribution in [0.1, 0.15) is 43.0 Å². The summed E-state index contributed by atoms with van der Waals surface area (Å²) in [6, 6.07) is 5.86. The summed E-state index contributed by atoms with van der Waals surface area (Å²) < 4.78 is 0.961. The van der Waals surface area contributed by atoms with Crippen LogP contribution in [0.4, 0.5) is 0 Å². The number of hydrogen-bond donors (Lipinski definition) is 0. The summed E-state index contributed by atoms with van der Waals surface area (Å²) in [5.41, 5.74) is 0.717. The van der Waals surface area contributed by atoms with Crippen molar-refractivity contribution in [1.29, 1.82) is 0 Å². The highest BCUT2D eigenvalue weighted by molar-refractivity contribution is 14.1. The van der Waals surface area contributed by atoms with E-state index in [0.717, 1.165) is 22.3 Å². The van der Waals surface area contributed by atoms with E-state index in [1.807, 2.05) is 24.1 Å². The molecule has 0 aromatic heterocycles. The van der Waals surface area contributed by atoms with Crippen molar-refractivity contribution in [3.05, 3.63) is 32.4 Å². The van der Waals surface area contributed by atoms with Gasteiger partial charge in [-0.15, -0.1) is 0 Å². The molecular weight excluding hydrogens is 373 g/mol. The van der Waals surface area contributed by atoms with Gasteiger partial charge in [-0.05, 0) is 72.4 Å². The molecule has 4 heteroatoms. The predicted octanol–water partition coefficient (Wildman–Crippen LogP) is 4.60. The zero-order chi connectivity index (χ0) is 14.0. The van der Waals surface area contributed by atoms with Crippen LogP contribution in [0, 0.1) is 9.49 Å². The van der Waals surface area contributed by atoms with Gasteiger partial charge in [0.15, 0.2) is 0 Å². The fourth-order valence-corrected chi connectivity index (χ4v) is 3.39. The minimum Gasteiger partial charge on any atom is -0.339 e. The Labute approximate surface area is 133 Å². The van der Waals surface area contributed by atoms with Crippen molar-refractivity contribution in [3.63, 3.8) is 0 Å². The van der Waals surface area contributed by atoms with Crippen LogP contribution in [0.2, 0.25) is 5.02 Å². The number of amides is 1. The molecule has 2 rings (SSSR count). The van der Waals surface area contributed by atoms with Gasteiger partial charge in [-0.25, -0.2) is 0 Å². The van der Waals surface area contributed by atoms with Gasteiger partial charge in [0.2, 0.25) is 0 Å². The average molecular weight is 392 g/mol. The van der Waals surface area contributed by atoms with E-state index in [4.69, 9.17) is 11.6 Å². The monoisotopic (exact) mass is 391 g/mol. The second kappa shape index (κ2) is 6.44. The quantitative estimate of drug-likeness (QED) is 0.675. The van der Waals surface area contributed by atoms with Crippen LogP contribution < -0.4 is 0 Å². The van der Waals surface area contributed by atoms with Crippen molar-refractivity contribution in [2.24, 2.45) is 5.92 Å². The number of halogens is 2. The summed E-state index contributed by atoms with van der Waals surface area (Å²) in [6.45, 7) is 2.29. The Morgan fingerprint density at radius 2 is 1.95 bits per heavy atom. The first kappa shape index (κ1) is 15.1. The van der Waals surface area contributed by atoms with E-state index in [0.29, 0.717) is 16.6 Å². The lowest BCUT2D eigenvalue weighted by Crippen LogP contribution is -2.39. The average Bonchev–Trinajstić information content (AvgIpc) is 2.41. The summed E-state index contributed by atoms with van der Waals surface area (Å²) in [5.74, 6) is 0.887. The third-order valence-electron chi connectivity index (χ3n) is 4.01. The van der Waals surface area contributed by atoms with Crippen molar-refractivity contribution in [1.82, 2.24) is 4.90 Å². The molecule has 0 saturated heterocycles. The van der Waals surface area contributed by atoms with Crippen LogP contribution in [0.3, 0.4) is 0 Å². The summed E-state index contributed by atoms with van der Waals surface area (Å²) in [5, 5.41) is 0.620. The van der Waals surface area contributed by atoms with Gasteiger partial charge in [-0.2, -0.15) is 0 Å². The van der Waals surface area contributed by atoms with Crippen molar-refractivity contribution >= 4 is 40.1 Å². The fourth-order valence-electron chi connectivity index (χ4n) is 2.65. The van der Waals surface area contributed by atoms with Gasteiger partial charge in [0.25, 0.3) is 5.91 Å². The number of hydrogen-bond acceptors (Lipinski definition) is 1. The van der Waals surface area contributed by atoms with Crippen LogP contribution in [0.25, 0.3) is 0 Å². The first-order chi connectivity index (χ1) is 8.99. The normalized spacial score (nSPS) is 23.2. The van der Waals surface area contributed by atoms with Gasteiger partial charge in [-0.1, -0.05) is 18.5 Å². The summed E-state index contributed by atoms with van der Waals surface area (Å²) in [6.07, 6.45) is 4.66. The maximum absolute atomic E-state index is 12.6. The first-order valence-electron chi connectivity index (χ1n) is 6.71. The molecule has 2 nitrogen and oxygen atoms in total. The number of benzene rings is 1. The van der Waals surface area contributed by atoms with Crippen molar-refractivity contribution in [3.8, 4) is 0 Å². The number of rotatable bonds is 2. The zero-order valence-corrected chi connectivity index (χ0v) is 14.2. The van der Waals surface area contributed by atoms with Crippen LogP contribution >= 0.6 is 34.2 Å². The molecule has 104 valence electrons. The molecule has 0 unspecified atom stereocenters. The van der Waals surface area contributed by atoms with Crippen molar-refractivity contribution in [2.75, 3.05) is 7.05 Å². The second-order valence-electron chi connectivity index (χ2n) is 5.45. The Hall–Kier alpha value is -0.290. The molecule has 1 fully saturated rings. The molecule has 19 heavy (non-hydrogen) atoms. The Balaban J connectivity index is 2.12. The van der Waals surface area contributed by atoms with Gasteiger partial charge < -0.3 is 4.90 Å². The molecule has 0 radical (unpaired) electrons. The minimum atomic E-state index is 0.0893. The van der Waals surface area contributed by atoms with Crippen molar-refractivity contribution in [2.45, 2.75) is 38.6 Å². The van der Waals surface area contributed by atoms with E-state index in [9.17, 15) is 4.79 Å². The van der Waals surface area contributed by atoms with Crippen LogP contribution in [-0.4, -0.2) is 23.9 Å². The molecule has 0 atom stereocenters. The summed E-state index contributed by atoms with van der Waals surface area (Å²) in [4.78, 5) is 14.5. The molecule has 0 aliphatic heterocycles. The predicted molar refractivity (Wildman–Crippen MR) is 87.7 cm³/mol. The Kier molecular flexibility index (Phi) is 5.12. The molecule has 1 aliphatic carbocycles. The fraction of sp³-hybridized carbons (Fsp3) is 0.533. The molecule has 0 spiro atoms. The highest BCUT2D eigenvalue weighted by atomic mass is 127. The maximum Gasteiger partial charge on any atom is 0.254 e. The van der Waals surface area contributed by atoms with Gasteiger partial charge in [0.05, 0.1) is 5.56 Å². The third kappa shape index (κ3) is 3.63. The number of nitrogens with zero attached hydrogens (tertiary/aromatic N) is 1. The van der Waals surface area contributed by atoms with E-state index < -0.39 is 0 Å². The molecule has 0 N–H and O–H groups in total. The van der Waals surface area contributed by atoms with E-state index >= 15 is 0 Å². The molecular formula is C15H19ClINO. The van der Waals surface area contributed by atoms with E-state index in [-0.39, 0.29) is 5.91 Å². The summed E-state index contributed by atoms with van der Waals surface area (Å²) in [7, 11) is 1.92. The summed E-state index contributed by atoms with van der Waals surface area (Å²) >= 11 is 8.19. The van der Waals surface area contributed by atoms with E-state index in [1.54, 1.807) is 6.07 Å². The molecule has 1 saturated carbocycles. The van der Waals surface area contributed by atoms with Crippen molar-refractivity contribution < 1.29 is 4.79 Å². The Morgan fingerprint density at radius 1 is 1.32 bits per heavy atom. The molecule has 1 amide bonds. The lowest BCUT2D eigenvalue weighted by molar-refractivity contribution is 0.0678. The lowest BCUT2D eigenvalue weighted by atomic mass is 9.86. The molecule has 1 aromatic rings. The van der Waals surface area contributed by atoms with Crippen LogP contribution in [-0.2, 0) is 0 Å². The number of carbonyl (C=O) groups is 1. The standard InChI is InChI=1S/C15H19ClINO/c1-10-3-6-12(7-4-10)18(2)15(19)13-9-11(16)5-8-14(13)17/h5,8-10,12H,3-4,6-7H2,1-2H3. The van der Waals surface area contributed by atoms with Crippen LogP contribution in [0.5, 0.6) is 0 Å². The largest absolute Gasteiger partial charge is 0.339 e. The minimum absolute atomic E-state index is 0.0893. The molecule has 0 bridgehead atoms. The topological polar surface area (TPSA) is 20.3 Å². The molecule has 1 aromatic carbocycles. The van der Waals surface area contributed by atoms with Crippen LogP contribution in [0.15, 0.2) is 18.2 Å². The van der Waals surface area contributed by atoms with E-state index in [1.165, 1.54) is 12.8 Å². The van der Waals surface area contributed by atoms with Gasteiger partial charge in [0, 0.05) is 21.7 Å². The number of carbonyl (C=O) groups excluding carboxylic acids is 1. The highest BCUT2D eigenvalue weighted by Crippen LogP contribution is 2.28. The van der Waals surface area contributed by atoms with Gasteiger partial charge in [-0.3, -0.25) is 4.79 Å². The highest BCUT2D eigenvalue weighted by Gasteiger charge is 2.26. The van der Waals surface area contributed by atoms with Gasteiger partial charge >= 0.3 is 0 Å². The molecule has 1 aliphatic rings. The third-order valence-corrected chi connectivity index (χ3v) is 5.19. The zero-order valence-electron chi connectivity index (χ0n) is 11.3. The SMILES string of the molecule is CC1CCC(N(C)C(=O)c2cc(Cl)ccc2I)CC1. The first-order valence-corrected chi connectivity index (χ1v) is 8.17. The maximum atomic E-state index is 12.6. The smallest absolute Gasteiger partial charge is 0.254 e. The second-order valence-corrected chi connectivity index (χ2v) is 7.05. The molecule has 0 heterocycles. The Bertz CT molecular complexity index is 469. The lowest BCUT2D eigenvalue weighted by Gasteiger charge is -2.33. The Morgan fingerprint density at radius 3 is 2.58 bits per heavy atom. The van der Waals surface area contributed by atoms with E-state index in [2.05, 4.69) is 29.5 Å². The van der Waals surface area contributed by atoms with Gasteiger partial charge in [0.1, 0.15) is 0 Å².